The molecule has 1 aliphatic carbocycles. The molecule has 0 spiro atoms. The van der Waals surface area contributed by atoms with E-state index in [0.717, 1.165) is 12.8 Å². The molecule has 244 valence electrons. The van der Waals surface area contributed by atoms with Crippen LogP contribution in [0.3, 0.4) is 0 Å². The van der Waals surface area contributed by atoms with Crippen molar-refractivity contribution in [1.29, 1.82) is 0 Å². The number of ether oxygens (including phenoxy) is 1. The second-order valence-electron chi connectivity index (χ2n) is 11.6. The number of aromatic nitrogens is 4. The van der Waals surface area contributed by atoms with Crippen LogP contribution in [0.2, 0.25) is 0 Å². The van der Waals surface area contributed by atoms with Crippen LogP contribution >= 0.6 is 0 Å². The standard InChI is InChI=1S/C30H34F2N8O5S/c1-5-25(41)34-20-13-33-14-21(20)36-29(42)18-10-19-26(23(12-18)45-3)38(2)28(35-19)22-11-17-8-9-24(40(30(31)32)46(4,43)44)37-27(17)39(22)15-16-6-7-16/h5,8-12,16,20-21,30,33H,1,6-7,13-15H2,2-4H3,(H,34,41)(H,36,42)/t20-,21-/m1/s1. The van der Waals surface area contributed by atoms with E-state index in [1.54, 1.807) is 18.2 Å². The first-order valence-electron chi connectivity index (χ1n) is 14.7. The van der Waals surface area contributed by atoms with Crippen molar-refractivity contribution in [2.75, 3.05) is 30.8 Å². The third-order valence-corrected chi connectivity index (χ3v) is 9.38. The number of rotatable bonds is 11. The molecular formula is C30H34F2N8O5S. The summed E-state index contributed by atoms with van der Waals surface area (Å²) in [7, 11) is -0.986. The molecule has 1 aromatic carbocycles. The molecular weight excluding hydrogens is 622 g/mol. The number of hydrogen-bond acceptors (Lipinski definition) is 8. The average Bonchev–Trinajstić information content (AvgIpc) is 3.48. The molecule has 0 bridgehead atoms. The Morgan fingerprint density at radius 2 is 1.89 bits per heavy atom. The van der Waals surface area contributed by atoms with Gasteiger partial charge in [-0.05, 0) is 55.2 Å². The lowest BCUT2D eigenvalue weighted by molar-refractivity contribution is -0.117. The van der Waals surface area contributed by atoms with Crippen LogP contribution in [0.15, 0.2) is 43.0 Å². The summed E-state index contributed by atoms with van der Waals surface area (Å²) >= 11 is 0. The smallest absolute Gasteiger partial charge is 0.329 e. The Kier molecular flexibility index (Phi) is 8.18. The molecule has 1 saturated carbocycles. The molecule has 1 aliphatic heterocycles. The first-order chi connectivity index (χ1) is 21.9. The van der Waals surface area contributed by atoms with E-state index in [0.29, 0.717) is 76.7 Å². The summed E-state index contributed by atoms with van der Waals surface area (Å²) in [5.74, 6) is 0.212. The lowest BCUT2D eigenvalue weighted by Crippen LogP contribution is -2.50. The maximum absolute atomic E-state index is 13.8. The van der Waals surface area contributed by atoms with Gasteiger partial charge in [0.05, 0.1) is 36.7 Å². The molecule has 46 heavy (non-hydrogen) atoms. The summed E-state index contributed by atoms with van der Waals surface area (Å²) in [6.45, 7) is 1.68. The molecule has 2 fully saturated rings. The third kappa shape index (κ3) is 5.89. The molecule has 4 heterocycles. The van der Waals surface area contributed by atoms with Crippen LogP contribution in [-0.2, 0) is 28.4 Å². The van der Waals surface area contributed by atoms with Gasteiger partial charge in [0, 0.05) is 37.6 Å². The number of benzene rings is 1. The maximum atomic E-state index is 13.8. The van der Waals surface area contributed by atoms with E-state index in [-0.39, 0.29) is 34.0 Å². The summed E-state index contributed by atoms with van der Waals surface area (Å²) in [5.41, 5.74) is 2.44. The van der Waals surface area contributed by atoms with Crippen LogP contribution in [0.4, 0.5) is 14.6 Å². The van der Waals surface area contributed by atoms with Crippen molar-refractivity contribution in [2.45, 2.75) is 38.0 Å². The number of sulfonamides is 1. The number of imidazole rings is 1. The number of halogens is 2. The predicted molar refractivity (Wildman–Crippen MR) is 168 cm³/mol. The first-order valence-corrected chi connectivity index (χ1v) is 16.5. The summed E-state index contributed by atoms with van der Waals surface area (Å²) < 4.78 is 61.4. The number of hydrogen-bond donors (Lipinski definition) is 3. The zero-order chi connectivity index (χ0) is 32.9. The molecule has 3 N–H and O–H groups in total. The van der Waals surface area contributed by atoms with Gasteiger partial charge >= 0.3 is 6.55 Å². The molecule has 6 rings (SSSR count). The molecule has 0 unspecified atom stereocenters. The van der Waals surface area contributed by atoms with Crippen molar-refractivity contribution in [3.8, 4) is 17.3 Å². The van der Waals surface area contributed by atoms with Gasteiger partial charge in [-0.2, -0.15) is 13.1 Å². The number of methoxy groups -OCH3 is 1. The number of fused-ring (bicyclic) bond motifs is 2. The van der Waals surface area contributed by atoms with E-state index in [1.165, 1.54) is 19.3 Å². The number of carbonyl (C=O) groups is 2. The molecule has 1 saturated heterocycles. The summed E-state index contributed by atoms with van der Waals surface area (Å²) in [5, 5.41) is 9.59. The Labute approximate surface area is 263 Å². The monoisotopic (exact) mass is 656 g/mol. The molecule has 2 aliphatic rings. The van der Waals surface area contributed by atoms with Gasteiger partial charge in [0.2, 0.25) is 15.9 Å². The van der Waals surface area contributed by atoms with E-state index in [4.69, 9.17) is 9.72 Å². The SMILES string of the molecule is C=CC(=O)N[C@@H]1CNC[C@H]1NC(=O)c1cc(OC)c2c(c1)nc(-c1cc3ccc(N(C(F)F)S(C)(=O)=O)nc3n1CC1CC1)n2C. The Morgan fingerprint density at radius 3 is 2.52 bits per heavy atom. The number of alkyl halides is 2. The number of pyridine rings is 1. The van der Waals surface area contributed by atoms with Crippen LogP contribution in [0.25, 0.3) is 33.6 Å². The van der Waals surface area contributed by atoms with Gasteiger partial charge < -0.3 is 29.8 Å². The third-order valence-electron chi connectivity index (χ3n) is 8.32. The highest BCUT2D eigenvalue weighted by Gasteiger charge is 2.32. The van der Waals surface area contributed by atoms with Crippen LogP contribution in [0, 0.1) is 5.92 Å². The normalized spacial score (nSPS) is 18.3. The molecule has 2 amide bonds. The van der Waals surface area contributed by atoms with Gasteiger partial charge in [-0.1, -0.05) is 6.58 Å². The minimum Gasteiger partial charge on any atom is -0.494 e. The second-order valence-corrected chi connectivity index (χ2v) is 13.5. The van der Waals surface area contributed by atoms with Crippen molar-refractivity contribution in [3.05, 3.63) is 48.6 Å². The van der Waals surface area contributed by atoms with Gasteiger partial charge in [0.15, 0.2) is 5.82 Å². The summed E-state index contributed by atoms with van der Waals surface area (Å²) in [4.78, 5) is 34.5. The zero-order valence-corrected chi connectivity index (χ0v) is 26.3. The van der Waals surface area contributed by atoms with Crippen molar-refractivity contribution in [1.82, 2.24) is 35.1 Å². The topological polar surface area (TPSA) is 152 Å². The first kappa shape index (κ1) is 31.4. The molecule has 0 radical (unpaired) electrons. The van der Waals surface area contributed by atoms with Gasteiger partial charge in [-0.3, -0.25) is 9.59 Å². The van der Waals surface area contributed by atoms with E-state index < -0.39 is 16.6 Å². The highest BCUT2D eigenvalue weighted by molar-refractivity contribution is 7.92. The van der Waals surface area contributed by atoms with Crippen LogP contribution in [0.1, 0.15) is 23.2 Å². The number of amides is 2. The zero-order valence-electron chi connectivity index (χ0n) is 25.5. The molecule has 3 aromatic heterocycles. The number of nitrogens with one attached hydrogen (secondary N) is 3. The molecule has 13 nitrogen and oxygen atoms in total. The molecule has 4 aromatic rings. The van der Waals surface area contributed by atoms with Crippen LogP contribution in [-0.4, -0.2) is 84.4 Å². The Hall–Kier alpha value is -4.57. The van der Waals surface area contributed by atoms with Crippen LogP contribution in [0.5, 0.6) is 5.75 Å². The van der Waals surface area contributed by atoms with Crippen LogP contribution < -0.4 is 25.0 Å². The van der Waals surface area contributed by atoms with Gasteiger partial charge in [0.25, 0.3) is 5.91 Å². The number of carbonyl (C=O) groups excluding carboxylic acids is 2. The highest BCUT2D eigenvalue weighted by Crippen LogP contribution is 2.38. The van der Waals surface area contributed by atoms with Gasteiger partial charge in [-0.15, -0.1) is 0 Å². The number of aryl methyl sites for hydroxylation is 1. The maximum Gasteiger partial charge on any atom is 0.329 e. The lowest BCUT2D eigenvalue weighted by atomic mass is 10.1. The number of nitrogens with zero attached hydrogens (tertiary/aromatic N) is 5. The van der Waals surface area contributed by atoms with E-state index in [1.807, 2.05) is 22.2 Å². The largest absolute Gasteiger partial charge is 0.494 e. The summed E-state index contributed by atoms with van der Waals surface area (Å²) in [6.07, 6.45) is 3.88. The second kappa shape index (κ2) is 12.0. The van der Waals surface area contributed by atoms with Crippen molar-refractivity contribution in [2.24, 2.45) is 13.0 Å². The fourth-order valence-electron chi connectivity index (χ4n) is 5.89. The van der Waals surface area contributed by atoms with Crippen molar-refractivity contribution >= 4 is 49.7 Å². The predicted octanol–water partition coefficient (Wildman–Crippen LogP) is 2.37. The van der Waals surface area contributed by atoms with E-state index >= 15 is 0 Å². The minimum atomic E-state index is -4.29. The average molecular weight is 657 g/mol. The molecule has 16 heteroatoms. The molecule has 2 atom stereocenters. The Morgan fingerprint density at radius 1 is 1.17 bits per heavy atom. The minimum absolute atomic E-state index is 0.00428. The van der Waals surface area contributed by atoms with Gasteiger partial charge in [-0.25, -0.2) is 18.4 Å². The quantitative estimate of drug-likeness (QED) is 0.164. The van der Waals surface area contributed by atoms with Crippen molar-refractivity contribution < 1.29 is 31.5 Å². The van der Waals surface area contributed by atoms with Gasteiger partial charge in [0.1, 0.15) is 22.7 Å². The highest BCUT2D eigenvalue weighted by atomic mass is 32.2. The lowest BCUT2D eigenvalue weighted by Gasteiger charge is -2.20. The Balaban J connectivity index is 1.41. The Bertz CT molecular complexity index is 1970. The fourth-order valence-corrected chi connectivity index (χ4v) is 6.62. The number of anilines is 1. The van der Waals surface area contributed by atoms with E-state index in [9.17, 15) is 26.8 Å². The van der Waals surface area contributed by atoms with Crippen molar-refractivity contribution in [3.63, 3.8) is 0 Å². The van der Waals surface area contributed by atoms with E-state index in [2.05, 4.69) is 27.5 Å². The summed E-state index contributed by atoms with van der Waals surface area (Å²) in [6, 6.07) is 7.29. The fraction of sp³-hybridized carbons (Fsp3) is 0.400.